The van der Waals surface area contributed by atoms with Gasteiger partial charge in [-0.15, -0.1) is 5.10 Å². The highest BCUT2D eigenvalue weighted by atomic mass is 16.4. The summed E-state index contributed by atoms with van der Waals surface area (Å²) in [5.74, 6) is 0.968. The summed E-state index contributed by atoms with van der Waals surface area (Å²) in [6.07, 6.45) is 2.51. The molecule has 27 heavy (non-hydrogen) atoms. The fraction of sp³-hybridized carbons (Fsp3) is 0.550. The van der Waals surface area contributed by atoms with Crippen LogP contribution in [0.25, 0.3) is 0 Å². The normalized spacial score (nSPS) is 17.8. The van der Waals surface area contributed by atoms with Crippen molar-refractivity contribution in [3.05, 3.63) is 35.7 Å². The van der Waals surface area contributed by atoms with Crippen LogP contribution in [-0.4, -0.2) is 60.3 Å². The standard InChI is InChI=1S/C20H27N5O2/c1-15(2)18-21-22-20(27-18)25-13-11-24(12-14-25)19(26)16-5-7-17(8-6-16)23-9-3-4-10-23/h5-8,15H,3-4,9-14H2,1-2H3. The quantitative estimate of drug-likeness (QED) is 0.826. The molecule has 0 N–H and O–H groups in total. The van der Waals surface area contributed by atoms with Crippen molar-refractivity contribution in [1.82, 2.24) is 15.1 Å². The first kappa shape index (κ1) is 17.8. The predicted molar refractivity (Wildman–Crippen MR) is 104 cm³/mol. The summed E-state index contributed by atoms with van der Waals surface area (Å²) in [7, 11) is 0. The highest BCUT2D eigenvalue weighted by molar-refractivity contribution is 5.94. The number of hydrogen-bond donors (Lipinski definition) is 0. The zero-order valence-electron chi connectivity index (χ0n) is 16.1. The number of amides is 1. The van der Waals surface area contributed by atoms with Gasteiger partial charge in [-0.3, -0.25) is 4.79 Å². The third-order valence-corrected chi connectivity index (χ3v) is 5.35. The van der Waals surface area contributed by atoms with E-state index in [1.54, 1.807) is 0 Å². The molecule has 2 aromatic rings. The van der Waals surface area contributed by atoms with Gasteiger partial charge in [0.15, 0.2) is 0 Å². The first-order valence-corrected chi connectivity index (χ1v) is 9.84. The molecule has 7 heteroatoms. The summed E-state index contributed by atoms with van der Waals surface area (Å²) in [6, 6.07) is 8.60. The number of carbonyl (C=O) groups excluding carboxylic acids is 1. The van der Waals surface area contributed by atoms with Gasteiger partial charge in [0.2, 0.25) is 5.89 Å². The lowest BCUT2D eigenvalue weighted by molar-refractivity contribution is 0.0745. The summed E-state index contributed by atoms with van der Waals surface area (Å²) < 4.78 is 5.72. The Balaban J connectivity index is 1.35. The molecule has 7 nitrogen and oxygen atoms in total. The summed E-state index contributed by atoms with van der Waals surface area (Å²) in [5.41, 5.74) is 1.97. The largest absolute Gasteiger partial charge is 0.408 e. The Labute approximate surface area is 159 Å². The van der Waals surface area contributed by atoms with Crippen molar-refractivity contribution in [3.8, 4) is 0 Å². The van der Waals surface area contributed by atoms with Crippen LogP contribution in [0.3, 0.4) is 0 Å². The first-order chi connectivity index (χ1) is 13.1. The highest BCUT2D eigenvalue weighted by Crippen LogP contribution is 2.22. The van der Waals surface area contributed by atoms with Crippen molar-refractivity contribution >= 4 is 17.6 Å². The van der Waals surface area contributed by atoms with E-state index >= 15 is 0 Å². The van der Waals surface area contributed by atoms with Crippen LogP contribution in [0.2, 0.25) is 0 Å². The second kappa shape index (κ2) is 7.58. The van der Waals surface area contributed by atoms with Crippen molar-refractivity contribution in [2.75, 3.05) is 49.1 Å². The lowest BCUT2D eigenvalue weighted by Gasteiger charge is -2.33. The zero-order valence-corrected chi connectivity index (χ0v) is 16.1. The topological polar surface area (TPSA) is 65.7 Å². The van der Waals surface area contributed by atoms with Crippen LogP contribution >= 0.6 is 0 Å². The van der Waals surface area contributed by atoms with E-state index in [0.717, 1.165) is 18.7 Å². The lowest BCUT2D eigenvalue weighted by Crippen LogP contribution is -2.49. The zero-order chi connectivity index (χ0) is 18.8. The molecule has 1 amide bonds. The Bertz CT molecular complexity index is 772. The minimum Gasteiger partial charge on any atom is -0.408 e. The molecule has 0 saturated carbocycles. The van der Waals surface area contributed by atoms with Crippen LogP contribution in [0, 0.1) is 0 Å². The van der Waals surface area contributed by atoms with E-state index in [0.29, 0.717) is 38.1 Å². The molecule has 2 aliphatic heterocycles. The number of anilines is 2. The number of aromatic nitrogens is 2. The number of nitrogens with zero attached hydrogens (tertiary/aromatic N) is 5. The van der Waals surface area contributed by atoms with Gasteiger partial charge in [0.1, 0.15) is 0 Å². The van der Waals surface area contributed by atoms with E-state index < -0.39 is 0 Å². The van der Waals surface area contributed by atoms with Gasteiger partial charge >= 0.3 is 6.01 Å². The molecular formula is C20H27N5O2. The molecule has 0 bridgehead atoms. The molecule has 4 rings (SSSR count). The average Bonchev–Trinajstić information content (AvgIpc) is 3.40. The maximum Gasteiger partial charge on any atom is 0.318 e. The molecule has 0 aliphatic carbocycles. The number of carbonyl (C=O) groups is 1. The Hall–Kier alpha value is -2.57. The second-order valence-corrected chi connectivity index (χ2v) is 7.60. The van der Waals surface area contributed by atoms with Crippen LogP contribution in [-0.2, 0) is 0 Å². The van der Waals surface area contributed by atoms with Crippen molar-refractivity contribution in [2.24, 2.45) is 0 Å². The molecule has 0 unspecified atom stereocenters. The fourth-order valence-electron chi connectivity index (χ4n) is 3.66. The Kier molecular flexibility index (Phi) is 5.01. The number of rotatable bonds is 4. The van der Waals surface area contributed by atoms with Crippen molar-refractivity contribution in [3.63, 3.8) is 0 Å². The van der Waals surface area contributed by atoms with Crippen LogP contribution in [0.4, 0.5) is 11.7 Å². The van der Waals surface area contributed by atoms with Gasteiger partial charge in [-0.1, -0.05) is 18.9 Å². The molecule has 1 aromatic heterocycles. The van der Waals surface area contributed by atoms with E-state index in [1.165, 1.54) is 18.5 Å². The Morgan fingerprint density at radius 2 is 1.59 bits per heavy atom. The molecule has 0 radical (unpaired) electrons. The Morgan fingerprint density at radius 1 is 0.926 bits per heavy atom. The van der Waals surface area contributed by atoms with Gasteiger partial charge in [0.25, 0.3) is 5.91 Å². The summed E-state index contributed by atoms with van der Waals surface area (Å²) in [6.45, 7) is 9.02. The fourth-order valence-corrected chi connectivity index (χ4v) is 3.66. The molecule has 2 aliphatic rings. The lowest BCUT2D eigenvalue weighted by atomic mass is 10.1. The van der Waals surface area contributed by atoms with Gasteiger partial charge in [-0.25, -0.2) is 0 Å². The number of benzene rings is 1. The number of hydrogen-bond acceptors (Lipinski definition) is 6. The third kappa shape index (κ3) is 3.77. The summed E-state index contributed by atoms with van der Waals surface area (Å²) in [5, 5.41) is 8.23. The van der Waals surface area contributed by atoms with Gasteiger partial charge in [-0.2, -0.15) is 0 Å². The van der Waals surface area contributed by atoms with E-state index in [4.69, 9.17) is 4.42 Å². The van der Waals surface area contributed by atoms with Crippen molar-refractivity contribution in [1.29, 1.82) is 0 Å². The minimum atomic E-state index is 0.0935. The van der Waals surface area contributed by atoms with Crippen LogP contribution in [0.1, 0.15) is 48.9 Å². The molecular weight excluding hydrogens is 342 g/mol. The summed E-state index contributed by atoms with van der Waals surface area (Å²) in [4.78, 5) is 19.1. The maximum absolute atomic E-state index is 12.8. The number of piperazine rings is 1. The van der Waals surface area contributed by atoms with Crippen LogP contribution < -0.4 is 9.80 Å². The smallest absolute Gasteiger partial charge is 0.318 e. The Morgan fingerprint density at radius 3 is 2.19 bits per heavy atom. The van der Waals surface area contributed by atoms with E-state index in [2.05, 4.69) is 32.1 Å². The first-order valence-electron chi connectivity index (χ1n) is 9.84. The molecule has 1 aromatic carbocycles. The average molecular weight is 369 g/mol. The summed E-state index contributed by atoms with van der Waals surface area (Å²) >= 11 is 0. The molecule has 2 fully saturated rings. The van der Waals surface area contributed by atoms with E-state index in [9.17, 15) is 4.79 Å². The molecule has 3 heterocycles. The SMILES string of the molecule is CC(C)c1nnc(N2CCN(C(=O)c3ccc(N4CCCC4)cc3)CC2)o1. The van der Waals surface area contributed by atoms with Gasteiger partial charge in [-0.05, 0) is 37.1 Å². The van der Waals surface area contributed by atoms with Gasteiger partial charge < -0.3 is 19.1 Å². The second-order valence-electron chi connectivity index (χ2n) is 7.60. The molecule has 144 valence electrons. The maximum atomic E-state index is 12.8. The molecule has 0 spiro atoms. The monoisotopic (exact) mass is 369 g/mol. The van der Waals surface area contributed by atoms with E-state index in [1.807, 2.05) is 30.9 Å². The predicted octanol–water partition coefficient (Wildman–Crippen LogP) is 2.76. The highest BCUT2D eigenvalue weighted by Gasteiger charge is 2.25. The molecule has 2 saturated heterocycles. The molecule has 0 atom stereocenters. The van der Waals surface area contributed by atoms with Crippen molar-refractivity contribution in [2.45, 2.75) is 32.6 Å². The third-order valence-electron chi connectivity index (χ3n) is 5.35. The van der Waals surface area contributed by atoms with Gasteiger partial charge in [0.05, 0.1) is 0 Å². The van der Waals surface area contributed by atoms with Crippen LogP contribution in [0.5, 0.6) is 0 Å². The minimum absolute atomic E-state index is 0.0935. The van der Waals surface area contributed by atoms with Crippen LogP contribution in [0.15, 0.2) is 28.7 Å². The van der Waals surface area contributed by atoms with Gasteiger partial charge in [0, 0.05) is 56.4 Å². The van der Waals surface area contributed by atoms with Crippen molar-refractivity contribution < 1.29 is 9.21 Å². The van der Waals surface area contributed by atoms with E-state index in [-0.39, 0.29) is 11.8 Å².